The zero-order valence-corrected chi connectivity index (χ0v) is 10.0. The number of nitrogens with zero attached hydrogens (tertiary/aromatic N) is 2. The molecule has 0 bridgehead atoms. The van der Waals surface area contributed by atoms with Crippen molar-refractivity contribution in [2.24, 2.45) is 7.05 Å². The lowest BCUT2D eigenvalue weighted by Gasteiger charge is -2.12. The van der Waals surface area contributed by atoms with Gasteiger partial charge in [0.15, 0.2) is 5.82 Å². The summed E-state index contributed by atoms with van der Waals surface area (Å²) in [7, 11) is 1.89. The SMILES string of the molecule is CSC1CCC(Nc2nn(C)cc2N)C1. The van der Waals surface area contributed by atoms with Crippen LogP contribution < -0.4 is 11.1 Å². The van der Waals surface area contributed by atoms with Gasteiger partial charge >= 0.3 is 0 Å². The van der Waals surface area contributed by atoms with Crippen LogP contribution in [0.15, 0.2) is 6.20 Å². The smallest absolute Gasteiger partial charge is 0.171 e. The van der Waals surface area contributed by atoms with Crippen molar-refractivity contribution in [2.45, 2.75) is 30.6 Å². The van der Waals surface area contributed by atoms with Gasteiger partial charge in [-0.1, -0.05) is 0 Å². The maximum Gasteiger partial charge on any atom is 0.171 e. The number of nitrogens with one attached hydrogen (secondary N) is 1. The lowest BCUT2D eigenvalue weighted by molar-refractivity contribution is 0.729. The normalized spacial score (nSPS) is 25.7. The van der Waals surface area contributed by atoms with Crippen molar-refractivity contribution in [3.05, 3.63) is 6.20 Å². The predicted octanol–water partition coefficient (Wildman–Crippen LogP) is 1.70. The van der Waals surface area contributed by atoms with Gasteiger partial charge in [-0.3, -0.25) is 4.68 Å². The van der Waals surface area contributed by atoms with Gasteiger partial charge in [0, 0.05) is 24.5 Å². The van der Waals surface area contributed by atoms with Crippen molar-refractivity contribution in [2.75, 3.05) is 17.3 Å². The van der Waals surface area contributed by atoms with E-state index in [1.54, 1.807) is 4.68 Å². The molecule has 0 radical (unpaired) electrons. The molecule has 0 saturated heterocycles. The van der Waals surface area contributed by atoms with Gasteiger partial charge in [0.05, 0.1) is 5.69 Å². The van der Waals surface area contributed by atoms with Crippen LogP contribution in [0.5, 0.6) is 0 Å². The Hall–Kier alpha value is -0.840. The number of nitrogen functional groups attached to an aromatic ring is 1. The Kier molecular flexibility index (Phi) is 3.09. The number of hydrogen-bond acceptors (Lipinski definition) is 4. The summed E-state index contributed by atoms with van der Waals surface area (Å²) in [5.41, 5.74) is 6.58. The lowest BCUT2D eigenvalue weighted by atomic mass is 10.2. The number of aromatic nitrogens is 2. The van der Waals surface area contributed by atoms with Crippen LogP contribution >= 0.6 is 11.8 Å². The Balaban J connectivity index is 1.95. The summed E-state index contributed by atoms with van der Waals surface area (Å²) in [6.45, 7) is 0. The number of hydrogen-bond donors (Lipinski definition) is 2. The fourth-order valence-electron chi connectivity index (χ4n) is 2.10. The molecule has 2 rings (SSSR count). The molecule has 2 atom stereocenters. The summed E-state index contributed by atoms with van der Waals surface area (Å²) in [6, 6.07) is 0.541. The van der Waals surface area contributed by atoms with Crippen LogP contribution in [0.1, 0.15) is 19.3 Å². The summed E-state index contributed by atoms with van der Waals surface area (Å²) >= 11 is 1.96. The summed E-state index contributed by atoms with van der Waals surface area (Å²) in [5, 5.41) is 8.52. The van der Waals surface area contributed by atoms with Crippen molar-refractivity contribution in [1.29, 1.82) is 0 Å². The molecule has 2 unspecified atom stereocenters. The largest absolute Gasteiger partial charge is 0.394 e. The first-order valence-electron chi connectivity index (χ1n) is 5.27. The molecule has 1 aromatic rings. The second-order valence-electron chi connectivity index (χ2n) is 4.12. The van der Waals surface area contributed by atoms with E-state index in [1.165, 1.54) is 19.3 Å². The van der Waals surface area contributed by atoms with Gasteiger partial charge in [0.25, 0.3) is 0 Å². The van der Waals surface area contributed by atoms with Crippen LogP contribution in [0.25, 0.3) is 0 Å². The molecule has 1 heterocycles. The average molecular weight is 226 g/mol. The number of nitrogens with two attached hydrogens (primary N) is 1. The summed E-state index contributed by atoms with van der Waals surface area (Å²) in [5.74, 6) is 0.837. The molecule has 1 saturated carbocycles. The molecule has 84 valence electrons. The summed E-state index contributed by atoms with van der Waals surface area (Å²) in [6.07, 6.45) is 7.76. The first-order chi connectivity index (χ1) is 7.19. The van der Waals surface area contributed by atoms with Crippen LogP contribution in [-0.2, 0) is 7.05 Å². The van der Waals surface area contributed by atoms with E-state index in [9.17, 15) is 0 Å². The minimum atomic E-state index is 0.541. The van der Waals surface area contributed by atoms with Gasteiger partial charge < -0.3 is 11.1 Å². The highest BCUT2D eigenvalue weighted by atomic mass is 32.2. The molecule has 0 spiro atoms. The molecule has 0 aromatic carbocycles. The Labute approximate surface area is 94.6 Å². The highest BCUT2D eigenvalue weighted by Gasteiger charge is 2.24. The molecule has 1 aromatic heterocycles. The van der Waals surface area contributed by atoms with Gasteiger partial charge in [0.1, 0.15) is 0 Å². The molecular formula is C10H18N4S. The third-order valence-electron chi connectivity index (χ3n) is 2.92. The highest BCUT2D eigenvalue weighted by molar-refractivity contribution is 7.99. The first kappa shape index (κ1) is 10.7. The Bertz CT molecular complexity index is 336. The molecule has 1 aliphatic carbocycles. The van der Waals surface area contributed by atoms with E-state index in [0.29, 0.717) is 6.04 Å². The average Bonchev–Trinajstić information content (AvgIpc) is 2.75. The van der Waals surface area contributed by atoms with Gasteiger partial charge in [0.2, 0.25) is 0 Å². The van der Waals surface area contributed by atoms with Crippen molar-refractivity contribution in [3.63, 3.8) is 0 Å². The van der Waals surface area contributed by atoms with Crippen LogP contribution in [-0.4, -0.2) is 27.3 Å². The van der Waals surface area contributed by atoms with Crippen LogP contribution in [0.2, 0.25) is 0 Å². The zero-order chi connectivity index (χ0) is 10.8. The predicted molar refractivity (Wildman–Crippen MR) is 66.2 cm³/mol. The fraction of sp³-hybridized carbons (Fsp3) is 0.700. The van der Waals surface area contributed by atoms with E-state index < -0.39 is 0 Å². The van der Waals surface area contributed by atoms with E-state index in [1.807, 2.05) is 25.0 Å². The Morgan fingerprint density at radius 1 is 1.60 bits per heavy atom. The minimum absolute atomic E-state index is 0.541. The number of aryl methyl sites for hydroxylation is 1. The maximum atomic E-state index is 5.84. The van der Waals surface area contributed by atoms with Gasteiger partial charge in [-0.25, -0.2) is 0 Å². The van der Waals surface area contributed by atoms with Crippen molar-refractivity contribution >= 4 is 23.3 Å². The van der Waals surface area contributed by atoms with Crippen LogP contribution in [0.4, 0.5) is 11.5 Å². The molecule has 3 N–H and O–H groups in total. The topological polar surface area (TPSA) is 55.9 Å². The molecule has 1 fully saturated rings. The third kappa shape index (κ3) is 2.40. The molecule has 15 heavy (non-hydrogen) atoms. The van der Waals surface area contributed by atoms with E-state index in [0.717, 1.165) is 16.8 Å². The Morgan fingerprint density at radius 3 is 2.93 bits per heavy atom. The second kappa shape index (κ2) is 4.35. The van der Waals surface area contributed by atoms with Gasteiger partial charge in [-0.15, -0.1) is 0 Å². The highest BCUT2D eigenvalue weighted by Crippen LogP contribution is 2.30. The summed E-state index contributed by atoms with van der Waals surface area (Å²) in [4.78, 5) is 0. The van der Waals surface area contributed by atoms with Crippen molar-refractivity contribution in [3.8, 4) is 0 Å². The first-order valence-corrected chi connectivity index (χ1v) is 6.56. The fourth-order valence-corrected chi connectivity index (χ4v) is 2.89. The monoisotopic (exact) mass is 226 g/mol. The second-order valence-corrected chi connectivity index (χ2v) is 5.26. The van der Waals surface area contributed by atoms with E-state index in [-0.39, 0.29) is 0 Å². The van der Waals surface area contributed by atoms with E-state index in [2.05, 4.69) is 16.7 Å². The van der Waals surface area contributed by atoms with Crippen LogP contribution in [0, 0.1) is 0 Å². The van der Waals surface area contributed by atoms with Gasteiger partial charge in [-0.2, -0.15) is 16.9 Å². The molecular weight excluding hydrogens is 208 g/mol. The van der Waals surface area contributed by atoms with Crippen molar-refractivity contribution < 1.29 is 0 Å². The Morgan fingerprint density at radius 2 is 2.40 bits per heavy atom. The molecule has 4 nitrogen and oxygen atoms in total. The van der Waals surface area contributed by atoms with E-state index in [4.69, 9.17) is 5.73 Å². The molecule has 5 heteroatoms. The van der Waals surface area contributed by atoms with Crippen molar-refractivity contribution in [1.82, 2.24) is 9.78 Å². The van der Waals surface area contributed by atoms with Crippen LogP contribution in [0.3, 0.4) is 0 Å². The zero-order valence-electron chi connectivity index (χ0n) is 9.23. The minimum Gasteiger partial charge on any atom is -0.394 e. The standard InChI is InChI=1S/C10H18N4S/c1-14-6-9(11)10(13-14)12-7-3-4-8(5-7)15-2/h6-8H,3-5,11H2,1-2H3,(H,12,13). The number of thioether (sulfide) groups is 1. The number of rotatable bonds is 3. The third-order valence-corrected chi connectivity index (χ3v) is 4.01. The quantitative estimate of drug-likeness (QED) is 0.823. The molecule has 0 amide bonds. The molecule has 0 aliphatic heterocycles. The molecule has 1 aliphatic rings. The lowest BCUT2D eigenvalue weighted by Crippen LogP contribution is -2.17. The van der Waals surface area contributed by atoms with E-state index >= 15 is 0 Å². The van der Waals surface area contributed by atoms with Gasteiger partial charge in [-0.05, 0) is 25.5 Å². The number of anilines is 2. The summed E-state index contributed by atoms with van der Waals surface area (Å²) < 4.78 is 1.75. The maximum absolute atomic E-state index is 5.84.